The van der Waals surface area contributed by atoms with Gasteiger partial charge in [-0.05, 0) is 107 Å². The lowest BCUT2D eigenvalue weighted by molar-refractivity contribution is -0.145. The minimum Gasteiger partial charge on any atom is -0.376 e. The molecule has 4 N–H and O–H groups in total. The summed E-state index contributed by atoms with van der Waals surface area (Å²) < 4.78 is 0. The molecule has 0 radical (unpaired) electrons. The number of nitrogens with one attached hydrogen (secondary N) is 4. The smallest absolute Gasteiger partial charge is 0.289 e. The molecule has 2 spiro atoms. The van der Waals surface area contributed by atoms with Crippen molar-refractivity contribution in [1.29, 1.82) is 0 Å². The normalized spacial score (nSPS) is 28.9. The fourth-order valence-corrected chi connectivity index (χ4v) is 11.7. The molecule has 4 saturated carbocycles. The Labute approximate surface area is 337 Å². The lowest BCUT2D eigenvalue weighted by Gasteiger charge is -2.42. The zero-order chi connectivity index (χ0) is 40.8. The van der Waals surface area contributed by atoms with Crippen LogP contribution in [-0.2, 0) is 24.0 Å². The maximum atomic E-state index is 15.2. The number of nitrogens with zero attached hydrogens (tertiary/aromatic N) is 2. The summed E-state index contributed by atoms with van der Waals surface area (Å²) in [7, 11) is 0. The first-order chi connectivity index (χ1) is 26.4. The highest BCUT2D eigenvalue weighted by molar-refractivity contribution is 6.38. The highest BCUT2D eigenvalue weighted by Gasteiger charge is 2.85. The first-order valence-electron chi connectivity index (χ1n) is 22.4. The maximum Gasteiger partial charge on any atom is 0.289 e. The van der Waals surface area contributed by atoms with Gasteiger partial charge in [0.05, 0.1) is 6.04 Å². The van der Waals surface area contributed by atoms with E-state index in [2.05, 4.69) is 60.4 Å². The van der Waals surface area contributed by atoms with Gasteiger partial charge in [0, 0.05) is 35.8 Å². The highest BCUT2D eigenvalue weighted by Crippen LogP contribution is 2.88. The average molecular weight is 779 g/mol. The number of amides is 4. The van der Waals surface area contributed by atoms with Crippen molar-refractivity contribution < 1.29 is 24.0 Å². The quantitative estimate of drug-likeness (QED) is 0.155. The third-order valence-electron chi connectivity index (χ3n) is 15.5. The van der Waals surface area contributed by atoms with Crippen LogP contribution in [0.1, 0.15) is 158 Å². The van der Waals surface area contributed by atoms with E-state index in [1.165, 1.54) is 0 Å². The molecule has 2 saturated heterocycles. The second kappa shape index (κ2) is 16.4. The van der Waals surface area contributed by atoms with Gasteiger partial charge in [-0.1, -0.05) is 86.6 Å². The molecule has 2 aliphatic heterocycles. The molecule has 2 heterocycles. The van der Waals surface area contributed by atoms with Gasteiger partial charge in [0.1, 0.15) is 18.1 Å². The van der Waals surface area contributed by atoms with Gasteiger partial charge < -0.3 is 26.2 Å². The van der Waals surface area contributed by atoms with Crippen molar-refractivity contribution in [2.24, 2.45) is 27.6 Å². The Balaban J connectivity index is 1.26. The second-order valence-corrected chi connectivity index (χ2v) is 20.5. The number of hydrogen-bond acceptors (Lipinski definition) is 7. The van der Waals surface area contributed by atoms with Gasteiger partial charge in [0.25, 0.3) is 5.91 Å². The van der Waals surface area contributed by atoms with Crippen LogP contribution in [0.3, 0.4) is 0 Å². The van der Waals surface area contributed by atoms with E-state index in [1.807, 2.05) is 27.7 Å². The number of carbonyl (C=O) groups is 5. The summed E-state index contributed by atoms with van der Waals surface area (Å²) in [5.41, 5.74) is -0.0124. The summed E-state index contributed by atoms with van der Waals surface area (Å²) in [6, 6.07) is -2.66. The number of carbonyl (C=O) groups excluding carboxylic acids is 5. The van der Waals surface area contributed by atoms with E-state index in [9.17, 15) is 19.2 Å². The molecule has 0 aromatic heterocycles. The van der Waals surface area contributed by atoms with E-state index in [-0.39, 0.29) is 46.1 Å². The average Bonchev–Trinajstić information content (AvgIpc) is 3.96. The van der Waals surface area contributed by atoms with E-state index in [0.717, 1.165) is 95.7 Å². The summed E-state index contributed by atoms with van der Waals surface area (Å²) in [5.74, 6) is -2.00. The topological polar surface area (TPSA) is 140 Å². The highest BCUT2D eigenvalue weighted by atomic mass is 16.2. The molecule has 6 aliphatic rings. The van der Waals surface area contributed by atoms with Crippen molar-refractivity contribution in [3.63, 3.8) is 0 Å². The molecule has 6 fully saturated rings. The predicted molar refractivity (Wildman–Crippen MR) is 219 cm³/mol. The lowest BCUT2D eigenvalue weighted by atomic mass is 9.73. The SMILES string of the molecule is C=C(NC(C(=O)N[C@H](C(=O)N1C[C@]2(C[C@H]1C(=O)N[C@@H](CCC)C(=O)C(=O)NC1CC1)C(C)(C)C21CCC1)C(C)(C)C)C1CCCCC1)[C@H]1CCCCN1C(C)C. The molecule has 0 bridgehead atoms. The zero-order valence-electron chi connectivity index (χ0n) is 36.0. The predicted octanol–water partition coefficient (Wildman–Crippen LogP) is 5.76. The number of Topliss-reactive ketones (excluding diaryl/α,β-unsaturated/α-hetero) is 1. The molecule has 6 rings (SSSR count). The zero-order valence-corrected chi connectivity index (χ0v) is 36.0. The summed E-state index contributed by atoms with van der Waals surface area (Å²) in [6.07, 6.45) is 14.9. The first kappa shape index (κ1) is 42.7. The molecular formula is C45H74N6O5. The second-order valence-electron chi connectivity index (χ2n) is 20.5. The molecule has 56 heavy (non-hydrogen) atoms. The number of hydrogen-bond donors (Lipinski definition) is 4. The maximum absolute atomic E-state index is 15.2. The summed E-state index contributed by atoms with van der Waals surface area (Å²) in [6.45, 7) is 22.8. The molecule has 6 atom stereocenters. The Morgan fingerprint density at radius 1 is 0.821 bits per heavy atom. The minimum absolute atomic E-state index is 0.0282. The van der Waals surface area contributed by atoms with Gasteiger partial charge in [-0.2, -0.15) is 0 Å². The Morgan fingerprint density at radius 2 is 1.48 bits per heavy atom. The standard InChI is InChI=1S/C45H74N6O5/c1-10-17-32(36(52)40(55)47-31-21-22-31)48-38(53)34-26-45(43(8,9)44(45)23-16-24-44)27-51(34)41(56)37(42(5,6)7)49-39(54)35(30-18-12-11-13-19-30)46-29(4)33-20-14-15-25-50(33)28(2)3/h28,30-35,37,46H,4,10-27H2,1-3,5-9H3,(H,47,55)(H,48,53)(H,49,54)/t32-,33+,34-,35?,37+,45+/m0/s1. The van der Waals surface area contributed by atoms with E-state index in [0.29, 0.717) is 31.8 Å². The number of rotatable bonds is 15. The van der Waals surface area contributed by atoms with Gasteiger partial charge in [-0.3, -0.25) is 28.9 Å². The molecular weight excluding hydrogens is 705 g/mol. The van der Waals surface area contributed by atoms with E-state index >= 15 is 4.79 Å². The van der Waals surface area contributed by atoms with Crippen LogP contribution in [-0.4, -0.2) is 94.6 Å². The molecule has 11 nitrogen and oxygen atoms in total. The Morgan fingerprint density at radius 3 is 2.04 bits per heavy atom. The minimum atomic E-state index is -0.964. The lowest BCUT2D eigenvalue weighted by Crippen LogP contribution is -2.62. The van der Waals surface area contributed by atoms with Crippen molar-refractivity contribution in [2.75, 3.05) is 13.1 Å². The van der Waals surface area contributed by atoms with Crippen molar-refractivity contribution in [2.45, 2.75) is 200 Å². The van der Waals surface area contributed by atoms with Crippen LogP contribution in [0.15, 0.2) is 12.3 Å². The summed E-state index contributed by atoms with van der Waals surface area (Å²) in [4.78, 5) is 74.9. The van der Waals surface area contributed by atoms with Crippen molar-refractivity contribution in [1.82, 2.24) is 31.1 Å². The van der Waals surface area contributed by atoms with Gasteiger partial charge in [-0.15, -0.1) is 0 Å². The number of fused-ring (bicyclic) bond motifs is 1. The van der Waals surface area contributed by atoms with E-state index in [4.69, 9.17) is 0 Å². The number of ketones is 1. The fraction of sp³-hybridized carbons (Fsp3) is 0.844. The molecule has 1 unspecified atom stereocenters. The van der Waals surface area contributed by atoms with Crippen LogP contribution in [0.4, 0.5) is 0 Å². The first-order valence-corrected chi connectivity index (χ1v) is 22.4. The van der Waals surface area contributed by atoms with Gasteiger partial charge in [0.15, 0.2) is 0 Å². The van der Waals surface area contributed by atoms with Crippen LogP contribution in [0.25, 0.3) is 0 Å². The molecule has 4 aliphatic carbocycles. The third-order valence-corrected chi connectivity index (χ3v) is 15.5. The Hall–Kier alpha value is -2.95. The number of likely N-dealkylation sites (tertiary alicyclic amines) is 2. The van der Waals surface area contributed by atoms with Crippen LogP contribution in [0.5, 0.6) is 0 Å². The van der Waals surface area contributed by atoms with Crippen LogP contribution < -0.4 is 21.3 Å². The third kappa shape index (κ3) is 7.92. The van der Waals surface area contributed by atoms with Crippen molar-refractivity contribution >= 4 is 29.4 Å². The van der Waals surface area contributed by atoms with Crippen molar-refractivity contribution in [3.8, 4) is 0 Å². The van der Waals surface area contributed by atoms with E-state index < -0.39 is 47.2 Å². The van der Waals surface area contributed by atoms with Crippen LogP contribution in [0.2, 0.25) is 0 Å². The molecule has 314 valence electrons. The Bertz CT molecular complexity index is 1520. The fourth-order valence-electron chi connectivity index (χ4n) is 11.7. The molecule has 0 aromatic carbocycles. The molecule has 0 aromatic rings. The van der Waals surface area contributed by atoms with Gasteiger partial charge >= 0.3 is 0 Å². The molecule has 11 heteroatoms. The summed E-state index contributed by atoms with van der Waals surface area (Å²) >= 11 is 0. The van der Waals surface area contributed by atoms with Crippen LogP contribution in [0, 0.1) is 27.6 Å². The van der Waals surface area contributed by atoms with Crippen LogP contribution >= 0.6 is 0 Å². The Kier molecular flexibility index (Phi) is 12.5. The number of piperidine rings is 1. The van der Waals surface area contributed by atoms with E-state index in [1.54, 1.807) is 4.90 Å². The van der Waals surface area contributed by atoms with Gasteiger partial charge in [0.2, 0.25) is 23.5 Å². The van der Waals surface area contributed by atoms with Gasteiger partial charge in [-0.25, -0.2) is 0 Å². The largest absolute Gasteiger partial charge is 0.376 e. The van der Waals surface area contributed by atoms with Crippen molar-refractivity contribution in [3.05, 3.63) is 12.3 Å². The summed E-state index contributed by atoms with van der Waals surface area (Å²) in [5, 5.41) is 12.7. The monoisotopic (exact) mass is 779 g/mol. The molecule has 4 amide bonds.